The number of hydrogen-bond donors (Lipinski definition) is 1. The molecule has 0 fully saturated rings. The molecule has 3 aromatic rings. The molecule has 1 amide bonds. The Bertz CT molecular complexity index is 860. The standard InChI is InChI=1S/C19H19N3O/c1-14-7-9-15(10-8-14)11-19(23)21-20-12-16-13-22(2)18-6-4-3-5-17(16)18/h3-10,12-13H,11H2,1-2H3,(H,21,23)/b20-12-. The van der Waals surface area contributed by atoms with E-state index in [1.165, 1.54) is 5.56 Å². The first-order chi connectivity index (χ1) is 11.1. The Hall–Kier alpha value is -2.88. The number of aryl methyl sites for hydroxylation is 2. The average molecular weight is 305 g/mol. The van der Waals surface area contributed by atoms with Crippen LogP contribution in [0.2, 0.25) is 0 Å². The van der Waals surface area contributed by atoms with E-state index in [-0.39, 0.29) is 5.91 Å². The van der Waals surface area contributed by atoms with Crippen molar-refractivity contribution in [2.24, 2.45) is 12.1 Å². The molecule has 0 aliphatic carbocycles. The van der Waals surface area contributed by atoms with Crippen molar-refractivity contribution in [3.05, 3.63) is 71.4 Å². The fourth-order valence-electron chi connectivity index (χ4n) is 2.58. The van der Waals surface area contributed by atoms with E-state index in [0.717, 1.165) is 22.0 Å². The van der Waals surface area contributed by atoms with Crippen molar-refractivity contribution in [2.75, 3.05) is 0 Å². The van der Waals surface area contributed by atoms with Gasteiger partial charge in [0.2, 0.25) is 5.91 Å². The number of fused-ring (bicyclic) bond motifs is 1. The van der Waals surface area contributed by atoms with Gasteiger partial charge < -0.3 is 4.57 Å². The Morgan fingerprint density at radius 3 is 2.70 bits per heavy atom. The molecule has 0 aliphatic heterocycles. The molecule has 0 saturated heterocycles. The van der Waals surface area contributed by atoms with Crippen LogP contribution in [0, 0.1) is 6.92 Å². The van der Waals surface area contributed by atoms with E-state index >= 15 is 0 Å². The Morgan fingerprint density at radius 2 is 1.91 bits per heavy atom. The van der Waals surface area contributed by atoms with Gasteiger partial charge in [-0.3, -0.25) is 4.79 Å². The molecule has 0 atom stereocenters. The number of benzene rings is 2. The zero-order valence-electron chi connectivity index (χ0n) is 13.3. The Morgan fingerprint density at radius 1 is 1.17 bits per heavy atom. The molecule has 0 unspecified atom stereocenters. The van der Waals surface area contributed by atoms with Gasteiger partial charge in [0.25, 0.3) is 0 Å². The highest BCUT2D eigenvalue weighted by Crippen LogP contribution is 2.18. The molecule has 0 bridgehead atoms. The molecule has 0 spiro atoms. The van der Waals surface area contributed by atoms with Crippen molar-refractivity contribution < 1.29 is 4.79 Å². The minimum absolute atomic E-state index is 0.120. The van der Waals surface area contributed by atoms with Crippen LogP contribution in [0.4, 0.5) is 0 Å². The largest absolute Gasteiger partial charge is 0.350 e. The van der Waals surface area contributed by atoms with Crippen LogP contribution in [0.15, 0.2) is 59.8 Å². The molecule has 2 aromatic carbocycles. The summed E-state index contributed by atoms with van der Waals surface area (Å²) in [6.07, 6.45) is 4.02. The van der Waals surface area contributed by atoms with E-state index in [0.29, 0.717) is 6.42 Å². The maximum Gasteiger partial charge on any atom is 0.244 e. The minimum Gasteiger partial charge on any atom is -0.350 e. The molecule has 1 heterocycles. The zero-order valence-corrected chi connectivity index (χ0v) is 13.3. The number of aromatic nitrogens is 1. The van der Waals surface area contributed by atoms with Crippen LogP contribution in [-0.4, -0.2) is 16.7 Å². The zero-order chi connectivity index (χ0) is 16.2. The van der Waals surface area contributed by atoms with Crippen LogP contribution < -0.4 is 5.43 Å². The van der Waals surface area contributed by atoms with Crippen molar-refractivity contribution >= 4 is 23.0 Å². The lowest BCUT2D eigenvalue weighted by molar-refractivity contribution is -0.120. The molecule has 1 N–H and O–H groups in total. The topological polar surface area (TPSA) is 46.4 Å². The first-order valence-electron chi connectivity index (χ1n) is 7.55. The van der Waals surface area contributed by atoms with Gasteiger partial charge >= 0.3 is 0 Å². The van der Waals surface area contributed by atoms with Crippen molar-refractivity contribution in [3.63, 3.8) is 0 Å². The maximum absolute atomic E-state index is 11.9. The summed E-state index contributed by atoms with van der Waals surface area (Å²) in [5.74, 6) is -0.120. The predicted octanol–water partition coefficient (Wildman–Crippen LogP) is 3.18. The summed E-state index contributed by atoms with van der Waals surface area (Å²) in [6.45, 7) is 2.03. The van der Waals surface area contributed by atoms with Gasteiger partial charge in [-0.05, 0) is 18.6 Å². The van der Waals surface area contributed by atoms with Crippen LogP contribution in [-0.2, 0) is 18.3 Å². The third-order valence-electron chi connectivity index (χ3n) is 3.81. The highest BCUT2D eigenvalue weighted by molar-refractivity contribution is 5.99. The van der Waals surface area contributed by atoms with E-state index in [2.05, 4.69) is 16.6 Å². The molecular formula is C19H19N3O. The number of hydrazone groups is 1. The molecule has 4 heteroatoms. The molecule has 0 radical (unpaired) electrons. The van der Waals surface area contributed by atoms with Crippen molar-refractivity contribution in [3.8, 4) is 0 Å². The van der Waals surface area contributed by atoms with Gasteiger partial charge in [0.1, 0.15) is 0 Å². The number of rotatable bonds is 4. The van der Waals surface area contributed by atoms with E-state index in [1.54, 1.807) is 6.21 Å². The van der Waals surface area contributed by atoms with Crippen molar-refractivity contribution in [1.82, 2.24) is 9.99 Å². The smallest absolute Gasteiger partial charge is 0.244 e. The second-order valence-electron chi connectivity index (χ2n) is 5.67. The number of carbonyl (C=O) groups excluding carboxylic acids is 1. The van der Waals surface area contributed by atoms with Crippen LogP contribution in [0.1, 0.15) is 16.7 Å². The summed E-state index contributed by atoms with van der Waals surface area (Å²) < 4.78 is 2.05. The van der Waals surface area contributed by atoms with Crippen molar-refractivity contribution in [2.45, 2.75) is 13.3 Å². The van der Waals surface area contributed by atoms with E-state index in [4.69, 9.17) is 0 Å². The summed E-state index contributed by atoms with van der Waals surface area (Å²) in [5, 5.41) is 5.20. The van der Waals surface area contributed by atoms with Gasteiger partial charge in [-0.2, -0.15) is 5.10 Å². The Kier molecular flexibility index (Phi) is 4.24. The van der Waals surface area contributed by atoms with Gasteiger partial charge in [-0.15, -0.1) is 0 Å². The van der Waals surface area contributed by atoms with Crippen LogP contribution >= 0.6 is 0 Å². The molecular weight excluding hydrogens is 286 g/mol. The molecule has 0 saturated carbocycles. The number of nitrogens with one attached hydrogen (secondary N) is 1. The lowest BCUT2D eigenvalue weighted by Crippen LogP contribution is -2.19. The number of amides is 1. The molecule has 116 valence electrons. The van der Waals surface area contributed by atoms with E-state index in [1.807, 2.05) is 67.2 Å². The van der Waals surface area contributed by atoms with E-state index in [9.17, 15) is 4.79 Å². The van der Waals surface area contributed by atoms with Gasteiger partial charge in [0, 0.05) is 29.7 Å². The summed E-state index contributed by atoms with van der Waals surface area (Å²) in [4.78, 5) is 11.9. The average Bonchev–Trinajstić information content (AvgIpc) is 2.87. The fraction of sp³-hybridized carbons (Fsp3) is 0.158. The van der Waals surface area contributed by atoms with Gasteiger partial charge in [0.15, 0.2) is 0 Å². The molecule has 3 rings (SSSR count). The lowest BCUT2D eigenvalue weighted by Gasteiger charge is -2.01. The lowest BCUT2D eigenvalue weighted by atomic mass is 10.1. The molecule has 4 nitrogen and oxygen atoms in total. The van der Waals surface area contributed by atoms with Gasteiger partial charge in [0.05, 0.1) is 12.6 Å². The summed E-state index contributed by atoms with van der Waals surface area (Å²) in [7, 11) is 2.00. The maximum atomic E-state index is 11.9. The first kappa shape index (κ1) is 15.0. The Labute approximate surface area is 135 Å². The third-order valence-corrected chi connectivity index (χ3v) is 3.81. The number of hydrogen-bond acceptors (Lipinski definition) is 2. The molecule has 0 aliphatic rings. The highest BCUT2D eigenvalue weighted by Gasteiger charge is 2.04. The monoisotopic (exact) mass is 305 g/mol. The number of nitrogens with zero attached hydrogens (tertiary/aromatic N) is 2. The SMILES string of the molecule is Cc1ccc(CC(=O)N/N=C\c2cn(C)c3ccccc23)cc1. The highest BCUT2D eigenvalue weighted by atomic mass is 16.2. The first-order valence-corrected chi connectivity index (χ1v) is 7.55. The summed E-state index contributed by atoms with van der Waals surface area (Å²) in [6, 6.07) is 16.0. The van der Waals surface area contributed by atoms with Gasteiger partial charge in [-0.1, -0.05) is 48.0 Å². The fourth-order valence-corrected chi connectivity index (χ4v) is 2.58. The molecule has 23 heavy (non-hydrogen) atoms. The normalized spacial score (nSPS) is 11.2. The third kappa shape index (κ3) is 3.48. The quantitative estimate of drug-likeness (QED) is 0.584. The van der Waals surface area contributed by atoms with E-state index < -0.39 is 0 Å². The minimum atomic E-state index is -0.120. The summed E-state index contributed by atoms with van der Waals surface area (Å²) >= 11 is 0. The second-order valence-corrected chi connectivity index (χ2v) is 5.67. The van der Waals surface area contributed by atoms with Gasteiger partial charge in [-0.25, -0.2) is 5.43 Å². The Balaban J connectivity index is 1.66. The predicted molar refractivity (Wildman–Crippen MR) is 93.5 cm³/mol. The van der Waals surface area contributed by atoms with Crippen LogP contribution in [0.3, 0.4) is 0 Å². The van der Waals surface area contributed by atoms with Crippen LogP contribution in [0.25, 0.3) is 10.9 Å². The summed E-state index contributed by atoms with van der Waals surface area (Å²) in [5.41, 5.74) is 6.88. The second kappa shape index (κ2) is 6.48. The number of para-hydroxylation sites is 1. The molecule has 1 aromatic heterocycles. The number of carbonyl (C=O) groups is 1. The van der Waals surface area contributed by atoms with Crippen molar-refractivity contribution in [1.29, 1.82) is 0 Å². The van der Waals surface area contributed by atoms with Crippen LogP contribution in [0.5, 0.6) is 0 Å².